The minimum atomic E-state index is -0.613. The third-order valence-electron chi connectivity index (χ3n) is 22.8. The molecular weight excluding hydrogens is 1240 g/mol. The molecule has 3 aliphatic rings. The molecule has 0 bridgehead atoms. The van der Waals surface area contributed by atoms with Crippen LogP contribution in [0.3, 0.4) is 0 Å². The van der Waals surface area contributed by atoms with Crippen molar-refractivity contribution < 1.29 is 0 Å². The van der Waals surface area contributed by atoms with Crippen LogP contribution >= 0.6 is 0 Å². The molecule has 506 valence electrons. The van der Waals surface area contributed by atoms with E-state index in [0.29, 0.717) is 0 Å². The van der Waals surface area contributed by atoms with Gasteiger partial charge in [-0.15, -0.1) is 0 Å². The first-order chi connectivity index (χ1) is 49.3. The summed E-state index contributed by atoms with van der Waals surface area (Å²) in [5.41, 5.74) is 34.5. The highest BCUT2D eigenvalue weighted by Gasteiger charge is 2.49. The predicted octanol–water partition coefficient (Wildman–Crippen LogP) is 24.7. The SMILES string of the molecule is CC(C)(C)c1cc(-c2ccc3c(c2)N(c2ccc(C(C)(C)C)cc2-c2ccccc2)c2cc(C(C)(C)C)cc4c2B3c2ccc(-n3c5ccccc5c5c6c(ccc53)-c3ccccc3C6(c3ccccc3)c3ccccc3)cc2N4c2ccc(C(C)(C)C)cc2-c2ccccc2)cc(C(C)(C)C)c1. The van der Waals surface area contributed by atoms with Crippen molar-refractivity contribution in [1.82, 2.24) is 4.57 Å². The van der Waals surface area contributed by atoms with Crippen molar-refractivity contribution in [3.63, 3.8) is 0 Å². The molecule has 0 N–H and O–H groups in total. The van der Waals surface area contributed by atoms with E-state index in [1.165, 1.54) is 150 Å². The molecule has 0 unspecified atom stereocenters. The van der Waals surface area contributed by atoms with Gasteiger partial charge in [0.25, 0.3) is 6.71 Å². The van der Waals surface area contributed by atoms with Crippen molar-refractivity contribution in [2.45, 2.75) is 136 Å². The molecule has 1 aliphatic carbocycles. The van der Waals surface area contributed by atoms with Crippen molar-refractivity contribution in [3.8, 4) is 50.2 Å². The largest absolute Gasteiger partial charge is 0.311 e. The summed E-state index contributed by atoms with van der Waals surface area (Å²) < 4.78 is 2.59. The lowest BCUT2D eigenvalue weighted by atomic mass is 9.33. The Labute approximate surface area is 611 Å². The second-order valence-electron chi connectivity index (χ2n) is 34.6. The number of para-hydroxylation sites is 1. The van der Waals surface area contributed by atoms with Gasteiger partial charge in [0.1, 0.15) is 0 Å². The second kappa shape index (κ2) is 23.7. The van der Waals surface area contributed by atoms with E-state index in [-0.39, 0.29) is 33.8 Å². The van der Waals surface area contributed by atoms with E-state index in [4.69, 9.17) is 0 Å². The molecule has 1 aromatic heterocycles. The minimum absolute atomic E-state index is 0.0711. The second-order valence-corrected chi connectivity index (χ2v) is 34.6. The van der Waals surface area contributed by atoms with Crippen LogP contribution in [0.1, 0.15) is 154 Å². The van der Waals surface area contributed by atoms with Gasteiger partial charge in [-0.25, -0.2) is 0 Å². The Bertz CT molecular complexity index is 5630. The summed E-state index contributed by atoms with van der Waals surface area (Å²) in [6.45, 7) is 35.2. The predicted molar refractivity (Wildman–Crippen MR) is 442 cm³/mol. The Kier molecular flexibility index (Phi) is 15.1. The average Bonchev–Trinajstić information content (AvgIpc) is 1.65. The Morgan fingerprint density at radius 3 is 1.26 bits per heavy atom. The van der Waals surface area contributed by atoms with Crippen molar-refractivity contribution in [2.24, 2.45) is 0 Å². The summed E-state index contributed by atoms with van der Waals surface area (Å²) in [7, 11) is 0. The van der Waals surface area contributed by atoms with E-state index in [0.717, 1.165) is 22.7 Å². The van der Waals surface area contributed by atoms with E-state index in [2.05, 4.69) is 403 Å². The average molecular weight is 1330 g/mol. The van der Waals surface area contributed by atoms with Crippen LogP contribution in [-0.4, -0.2) is 11.3 Å². The Balaban J connectivity index is 1.00. The van der Waals surface area contributed by atoms with Gasteiger partial charge in [-0.05, 0) is 194 Å². The topological polar surface area (TPSA) is 11.4 Å². The zero-order valence-electron chi connectivity index (χ0n) is 62.6. The van der Waals surface area contributed by atoms with Gasteiger partial charge in [0, 0.05) is 50.3 Å². The van der Waals surface area contributed by atoms with E-state index in [1.807, 2.05) is 0 Å². The van der Waals surface area contributed by atoms with Crippen LogP contribution < -0.4 is 26.2 Å². The zero-order valence-corrected chi connectivity index (χ0v) is 62.6. The third kappa shape index (κ3) is 10.6. The monoisotopic (exact) mass is 1330 g/mol. The minimum Gasteiger partial charge on any atom is -0.311 e. The molecule has 0 fully saturated rings. The number of rotatable bonds is 8. The maximum absolute atomic E-state index is 2.70. The van der Waals surface area contributed by atoms with Gasteiger partial charge in [-0.3, -0.25) is 0 Å². The van der Waals surface area contributed by atoms with Crippen molar-refractivity contribution in [3.05, 3.63) is 335 Å². The normalized spacial score (nSPS) is 14.0. The highest BCUT2D eigenvalue weighted by Crippen LogP contribution is 2.60. The van der Waals surface area contributed by atoms with Gasteiger partial charge >= 0.3 is 0 Å². The first-order valence-corrected chi connectivity index (χ1v) is 37.2. The molecule has 4 heteroatoms. The number of anilines is 6. The van der Waals surface area contributed by atoms with Crippen molar-refractivity contribution >= 4 is 79.0 Å². The quantitative estimate of drug-likeness (QED) is 0.141. The lowest BCUT2D eigenvalue weighted by Crippen LogP contribution is -2.61. The van der Waals surface area contributed by atoms with Gasteiger partial charge in [-0.2, -0.15) is 0 Å². The van der Waals surface area contributed by atoms with Crippen LogP contribution in [0.5, 0.6) is 0 Å². The number of nitrogens with zero attached hydrogens (tertiary/aromatic N) is 3. The molecular formula is C99H92BN3. The smallest absolute Gasteiger partial charge is 0.252 e. The van der Waals surface area contributed by atoms with Crippen LogP contribution in [-0.2, 0) is 32.5 Å². The molecule has 3 heterocycles. The molecule has 14 aromatic rings. The van der Waals surface area contributed by atoms with Crippen LogP contribution in [0.15, 0.2) is 285 Å². The number of hydrogen-bond donors (Lipinski definition) is 0. The molecule has 103 heavy (non-hydrogen) atoms. The maximum Gasteiger partial charge on any atom is 0.252 e. The summed E-state index contributed by atoms with van der Waals surface area (Å²) in [4.78, 5) is 5.38. The van der Waals surface area contributed by atoms with Crippen molar-refractivity contribution in [1.29, 1.82) is 0 Å². The zero-order chi connectivity index (χ0) is 71.4. The molecule has 0 amide bonds. The molecule has 17 rings (SSSR count). The fraction of sp³-hybridized carbons (Fsp3) is 0.212. The molecule has 2 aliphatic heterocycles. The van der Waals surface area contributed by atoms with E-state index in [9.17, 15) is 0 Å². The van der Waals surface area contributed by atoms with E-state index in [1.54, 1.807) is 0 Å². The molecule has 0 saturated heterocycles. The molecule has 0 radical (unpaired) electrons. The van der Waals surface area contributed by atoms with Gasteiger partial charge < -0.3 is 14.4 Å². The van der Waals surface area contributed by atoms with Gasteiger partial charge in [0.15, 0.2) is 0 Å². The number of aromatic nitrogens is 1. The van der Waals surface area contributed by atoms with Crippen LogP contribution in [0, 0.1) is 0 Å². The molecule has 3 nitrogen and oxygen atoms in total. The van der Waals surface area contributed by atoms with Crippen molar-refractivity contribution in [2.75, 3.05) is 9.80 Å². The number of benzene rings is 13. The summed E-state index contributed by atoms with van der Waals surface area (Å²) >= 11 is 0. The van der Waals surface area contributed by atoms with Gasteiger partial charge in [0.2, 0.25) is 0 Å². The number of fused-ring (bicyclic) bond motifs is 11. The first-order valence-electron chi connectivity index (χ1n) is 37.2. The van der Waals surface area contributed by atoms with Gasteiger partial charge in [-0.1, -0.05) is 322 Å². The van der Waals surface area contributed by atoms with Crippen LogP contribution in [0.25, 0.3) is 72.0 Å². The third-order valence-corrected chi connectivity index (χ3v) is 22.8. The summed E-state index contributed by atoms with van der Waals surface area (Å²) in [5.74, 6) is 0. The van der Waals surface area contributed by atoms with Crippen LogP contribution in [0.4, 0.5) is 34.1 Å². The summed E-state index contributed by atoms with van der Waals surface area (Å²) in [5, 5.41) is 2.50. The lowest BCUT2D eigenvalue weighted by molar-refractivity contribution is 0.569. The summed E-state index contributed by atoms with van der Waals surface area (Å²) in [6, 6.07) is 110. The molecule has 0 atom stereocenters. The van der Waals surface area contributed by atoms with Crippen LogP contribution in [0.2, 0.25) is 0 Å². The molecule has 0 saturated carbocycles. The maximum atomic E-state index is 2.70. The standard InChI is InChI=1S/C99H92BN3/c1-94(2,3)69-45-51-84(78(58-69)63-32-20-16-21-33-63)102-87-56-65(66-54-71(96(7,8)9)57-72(55-66)97(10,11)12)44-49-81(87)100-82-50-47-74(62-88(82)103(90-61-73(98(13,14)15)60-89(102)93(90)100)85-52-46-70(95(4,5)6)59-79(85)64-34-22-17-23-35-64)101-83-43-31-29-41-77(83)91-86(101)53-48-76-75-40-28-30-42-80(75)99(92(76)91,67-36-24-18-25-37-67)68-38-26-19-27-39-68/h16-62H,1-15H3. The molecule has 0 spiro atoms. The highest BCUT2D eigenvalue weighted by molar-refractivity contribution is 7.00. The van der Waals surface area contributed by atoms with E-state index < -0.39 is 5.41 Å². The van der Waals surface area contributed by atoms with E-state index >= 15 is 0 Å². The highest BCUT2D eigenvalue weighted by atomic mass is 15.2. The lowest BCUT2D eigenvalue weighted by Gasteiger charge is -2.46. The Hall–Kier alpha value is -10.7. The van der Waals surface area contributed by atoms with Gasteiger partial charge in [0.05, 0.1) is 27.8 Å². The first kappa shape index (κ1) is 65.6. The fourth-order valence-electron chi connectivity index (χ4n) is 17.3. The Morgan fingerprint density at radius 2 is 0.738 bits per heavy atom. The number of hydrogen-bond acceptors (Lipinski definition) is 2. The Morgan fingerprint density at radius 1 is 0.282 bits per heavy atom. The molecule has 13 aromatic carbocycles. The summed E-state index contributed by atoms with van der Waals surface area (Å²) in [6.07, 6.45) is 0. The fourth-order valence-corrected chi connectivity index (χ4v) is 17.3.